The van der Waals surface area contributed by atoms with Crippen LogP contribution in [-0.4, -0.2) is 66.3 Å². The molecule has 2 unspecified atom stereocenters. The zero-order valence-electron chi connectivity index (χ0n) is 16.4. The Balaban J connectivity index is 1.42. The normalized spacial score (nSPS) is 25.6. The van der Waals surface area contributed by atoms with Gasteiger partial charge < -0.3 is 9.80 Å². The Hall–Kier alpha value is -1.88. The number of carbonyl (C=O) groups excluding carboxylic acids is 2. The van der Waals surface area contributed by atoms with Crippen LogP contribution in [0.15, 0.2) is 30.3 Å². The van der Waals surface area contributed by atoms with Gasteiger partial charge in [-0.1, -0.05) is 44.2 Å². The summed E-state index contributed by atoms with van der Waals surface area (Å²) in [5.41, 5.74) is 1.21. The molecule has 0 bridgehead atoms. The smallest absolute Gasteiger partial charge is 0.236 e. The fraction of sp³-hybridized carbons (Fsp3) is 0.619. The minimum atomic E-state index is 0.144. The Morgan fingerprint density at radius 3 is 2.27 bits per heavy atom. The van der Waals surface area contributed by atoms with E-state index in [-0.39, 0.29) is 23.8 Å². The van der Waals surface area contributed by atoms with Crippen LogP contribution >= 0.6 is 0 Å². The summed E-state index contributed by atoms with van der Waals surface area (Å²) in [7, 11) is 3.87. The molecule has 1 saturated heterocycles. The first-order valence-corrected chi connectivity index (χ1v) is 9.63. The van der Waals surface area contributed by atoms with Crippen molar-refractivity contribution in [1.82, 2.24) is 14.7 Å². The average Bonchev–Trinajstić information content (AvgIpc) is 2.53. The molecule has 2 aliphatic rings. The Labute approximate surface area is 156 Å². The van der Waals surface area contributed by atoms with Gasteiger partial charge in [-0.15, -0.1) is 0 Å². The molecule has 1 heterocycles. The van der Waals surface area contributed by atoms with Crippen molar-refractivity contribution in [3.8, 4) is 0 Å². The molecular formula is C21H31N3O2. The van der Waals surface area contributed by atoms with E-state index in [1.165, 1.54) is 5.56 Å². The number of likely N-dealkylation sites (tertiary alicyclic amines) is 1. The number of benzene rings is 1. The minimum absolute atomic E-state index is 0.144. The molecule has 0 N–H and O–H groups in total. The topological polar surface area (TPSA) is 43.9 Å². The molecule has 26 heavy (non-hydrogen) atoms. The van der Waals surface area contributed by atoms with Crippen molar-refractivity contribution in [2.24, 2.45) is 17.8 Å². The number of amides is 2. The molecule has 2 fully saturated rings. The van der Waals surface area contributed by atoms with Gasteiger partial charge in [0.05, 0.1) is 12.6 Å². The summed E-state index contributed by atoms with van der Waals surface area (Å²) in [5.74, 6) is 1.55. The molecule has 0 aromatic heterocycles. The number of rotatable bonds is 6. The minimum Gasteiger partial charge on any atom is -0.339 e. The van der Waals surface area contributed by atoms with E-state index < -0.39 is 0 Å². The molecule has 5 nitrogen and oxygen atoms in total. The van der Waals surface area contributed by atoms with E-state index in [2.05, 4.69) is 26.0 Å². The largest absolute Gasteiger partial charge is 0.339 e. The molecule has 2 atom stereocenters. The average molecular weight is 357 g/mol. The van der Waals surface area contributed by atoms with E-state index in [9.17, 15) is 9.59 Å². The van der Waals surface area contributed by atoms with Crippen molar-refractivity contribution in [3.05, 3.63) is 35.9 Å². The number of likely N-dealkylation sites (N-methyl/N-ethyl adjacent to an activating group) is 2. The fourth-order valence-electron chi connectivity index (χ4n) is 4.33. The first kappa shape index (κ1) is 18.9. The van der Waals surface area contributed by atoms with Crippen molar-refractivity contribution in [2.45, 2.75) is 32.9 Å². The highest BCUT2D eigenvalue weighted by atomic mass is 16.2. The van der Waals surface area contributed by atoms with Gasteiger partial charge in [0.15, 0.2) is 0 Å². The van der Waals surface area contributed by atoms with Crippen LogP contribution in [0.4, 0.5) is 0 Å². The fourth-order valence-corrected chi connectivity index (χ4v) is 4.33. The lowest BCUT2D eigenvalue weighted by Crippen LogP contribution is -2.64. The molecule has 5 heteroatoms. The standard InChI is InChI=1S/C21H31N3O2/c1-15-10-16(2)20(15)21(26)23(4)18-12-24(13-18)19(25)14-22(3)11-17-8-6-5-7-9-17/h5-9,15-16,18,20H,10-14H2,1-4H3. The highest BCUT2D eigenvalue weighted by molar-refractivity contribution is 5.82. The Morgan fingerprint density at radius 1 is 1.08 bits per heavy atom. The second-order valence-electron chi connectivity index (χ2n) is 8.28. The molecular weight excluding hydrogens is 326 g/mol. The van der Waals surface area contributed by atoms with Crippen LogP contribution in [0.5, 0.6) is 0 Å². The first-order valence-electron chi connectivity index (χ1n) is 9.63. The summed E-state index contributed by atoms with van der Waals surface area (Å²) in [6, 6.07) is 10.3. The summed E-state index contributed by atoms with van der Waals surface area (Å²) >= 11 is 0. The van der Waals surface area contributed by atoms with Gasteiger partial charge in [-0.25, -0.2) is 0 Å². The van der Waals surface area contributed by atoms with Gasteiger partial charge in [0.2, 0.25) is 11.8 Å². The summed E-state index contributed by atoms with van der Waals surface area (Å²) in [6.45, 7) is 6.83. The second kappa shape index (κ2) is 7.78. The monoisotopic (exact) mass is 357 g/mol. The maximum Gasteiger partial charge on any atom is 0.236 e. The second-order valence-corrected chi connectivity index (χ2v) is 8.28. The van der Waals surface area contributed by atoms with Gasteiger partial charge in [-0.3, -0.25) is 14.5 Å². The molecule has 0 spiro atoms. The lowest BCUT2D eigenvalue weighted by Gasteiger charge is -2.48. The predicted octanol–water partition coefficient (Wildman–Crippen LogP) is 2.08. The van der Waals surface area contributed by atoms with Crippen LogP contribution in [-0.2, 0) is 16.1 Å². The molecule has 1 aliphatic carbocycles. The van der Waals surface area contributed by atoms with Crippen molar-refractivity contribution in [2.75, 3.05) is 33.7 Å². The molecule has 2 amide bonds. The van der Waals surface area contributed by atoms with Gasteiger partial charge in [0.25, 0.3) is 0 Å². The SMILES string of the molecule is CC1CC(C)C1C(=O)N(C)C1CN(C(=O)CN(C)Cc2ccccc2)C1. The number of carbonyl (C=O) groups is 2. The van der Waals surface area contributed by atoms with Crippen molar-refractivity contribution < 1.29 is 9.59 Å². The molecule has 1 aromatic carbocycles. The van der Waals surface area contributed by atoms with E-state index in [0.29, 0.717) is 31.5 Å². The Morgan fingerprint density at radius 2 is 1.69 bits per heavy atom. The molecule has 142 valence electrons. The predicted molar refractivity (Wildman–Crippen MR) is 102 cm³/mol. The van der Waals surface area contributed by atoms with Crippen molar-refractivity contribution in [3.63, 3.8) is 0 Å². The molecule has 0 radical (unpaired) electrons. The third kappa shape index (κ3) is 3.93. The Kier molecular flexibility index (Phi) is 5.66. The van der Waals surface area contributed by atoms with Crippen molar-refractivity contribution in [1.29, 1.82) is 0 Å². The lowest BCUT2D eigenvalue weighted by molar-refractivity contribution is -0.153. The van der Waals surface area contributed by atoms with Gasteiger partial charge in [0.1, 0.15) is 0 Å². The van der Waals surface area contributed by atoms with Crippen LogP contribution in [0, 0.1) is 17.8 Å². The summed E-state index contributed by atoms with van der Waals surface area (Å²) in [5, 5.41) is 0. The van der Waals surface area contributed by atoms with Crippen molar-refractivity contribution >= 4 is 11.8 Å². The molecule has 1 saturated carbocycles. The summed E-state index contributed by atoms with van der Waals surface area (Å²) in [4.78, 5) is 30.9. The Bertz CT molecular complexity index is 634. The number of hydrogen-bond donors (Lipinski definition) is 0. The highest BCUT2D eigenvalue weighted by Gasteiger charge is 2.44. The van der Waals surface area contributed by atoms with E-state index in [4.69, 9.17) is 0 Å². The van der Waals surface area contributed by atoms with Crippen LogP contribution in [0.3, 0.4) is 0 Å². The van der Waals surface area contributed by atoms with E-state index >= 15 is 0 Å². The van der Waals surface area contributed by atoms with Gasteiger partial charge in [-0.05, 0) is 30.9 Å². The van der Waals surface area contributed by atoms with Crippen LogP contribution in [0.1, 0.15) is 25.8 Å². The van der Waals surface area contributed by atoms with E-state index in [1.54, 1.807) is 0 Å². The zero-order valence-corrected chi connectivity index (χ0v) is 16.4. The maximum absolute atomic E-state index is 12.7. The molecule has 1 aromatic rings. The van der Waals surface area contributed by atoms with Gasteiger partial charge in [0, 0.05) is 32.6 Å². The zero-order chi connectivity index (χ0) is 18.8. The summed E-state index contributed by atoms with van der Waals surface area (Å²) in [6.07, 6.45) is 1.15. The first-order chi connectivity index (χ1) is 12.4. The van der Waals surface area contributed by atoms with E-state index in [0.717, 1.165) is 13.0 Å². The maximum atomic E-state index is 12.7. The molecule has 1 aliphatic heterocycles. The van der Waals surface area contributed by atoms with E-state index in [1.807, 2.05) is 47.0 Å². The summed E-state index contributed by atoms with van der Waals surface area (Å²) < 4.78 is 0. The third-order valence-electron chi connectivity index (χ3n) is 6.07. The number of hydrogen-bond acceptors (Lipinski definition) is 3. The third-order valence-corrected chi connectivity index (χ3v) is 6.07. The number of nitrogens with zero attached hydrogens (tertiary/aromatic N) is 3. The van der Waals surface area contributed by atoms with Crippen LogP contribution in [0.25, 0.3) is 0 Å². The van der Waals surface area contributed by atoms with Crippen LogP contribution < -0.4 is 0 Å². The highest BCUT2D eigenvalue weighted by Crippen LogP contribution is 2.41. The van der Waals surface area contributed by atoms with Gasteiger partial charge >= 0.3 is 0 Å². The van der Waals surface area contributed by atoms with Gasteiger partial charge in [-0.2, -0.15) is 0 Å². The molecule has 3 rings (SSSR count). The lowest BCUT2D eigenvalue weighted by atomic mass is 9.66. The van der Waals surface area contributed by atoms with Crippen LogP contribution in [0.2, 0.25) is 0 Å². The quantitative estimate of drug-likeness (QED) is 0.783.